The van der Waals surface area contributed by atoms with E-state index in [-0.39, 0.29) is 11.5 Å². The van der Waals surface area contributed by atoms with Crippen molar-refractivity contribution in [1.29, 1.82) is 5.26 Å². The molecule has 0 saturated carbocycles. The summed E-state index contributed by atoms with van der Waals surface area (Å²) in [6.07, 6.45) is 6.52. The second kappa shape index (κ2) is 10.5. The summed E-state index contributed by atoms with van der Waals surface area (Å²) in [5, 5.41) is 9.44. The number of rotatable bonds is 9. The van der Waals surface area contributed by atoms with Crippen molar-refractivity contribution in [3.8, 4) is 11.8 Å². The fraction of sp³-hybridized carbons (Fsp3) is 0.435. The maximum Gasteiger partial charge on any atom is 0.271 e. The topological polar surface area (TPSA) is 70.4 Å². The molecule has 0 aromatic heterocycles. The molecule has 0 spiro atoms. The van der Waals surface area contributed by atoms with E-state index in [2.05, 4.69) is 6.92 Å². The number of hydrogen-bond acceptors (Lipinski definition) is 4. The summed E-state index contributed by atoms with van der Waals surface area (Å²) < 4.78 is 5.58. The van der Waals surface area contributed by atoms with E-state index in [1.165, 1.54) is 4.90 Å². The molecule has 0 saturated heterocycles. The van der Waals surface area contributed by atoms with E-state index in [0.717, 1.165) is 43.4 Å². The highest BCUT2D eigenvalue weighted by Gasteiger charge is 2.34. The van der Waals surface area contributed by atoms with Gasteiger partial charge in [0.05, 0.1) is 6.61 Å². The van der Waals surface area contributed by atoms with Gasteiger partial charge in [-0.05, 0) is 49.1 Å². The fourth-order valence-electron chi connectivity index (χ4n) is 3.08. The molecule has 0 fully saturated rings. The number of unbranched alkanes of at least 4 members (excludes halogenated alkanes) is 3. The van der Waals surface area contributed by atoms with Crippen LogP contribution in [0.1, 0.15) is 58.4 Å². The smallest absolute Gasteiger partial charge is 0.271 e. The molecule has 1 aliphatic rings. The lowest BCUT2D eigenvalue weighted by Gasteiger charge is -2.27. The number of nitrogens with zero attached hydrogens (tertiary/aromatic N) is 2. The zero-order chi connectivity index (χ0) is 20.5. The van der Waals surface area contributed by atoms with Gasteiger partial charge in [-0.1, -0.05) is 45.2 Å². The number of amides is 2. The Morgan fingerprint density at radius 2 is 1.75 bits per heavy atom. The van der Waals surface area contributed by atoms with E-state index < -0.39 is 5.91 Å². The Balaban J connectivity index is 2.28. The molecule has 0 bridgehead atoms. The summed E-state index contributed by atoms with van der Waals surface area (Å²) in [4.78, 5) is 26.7. The lowest BCUT2D eigenvalue weighted by atomic mass is 9.93. The number of carbonyl (C=O) groups is 2. The van der Waals surface area contributed by atoms with Crippen molar-refractivity contribution in [3.05, 3.63) is 46.5 Å². The maximum absolute atomic E-state index is 13.0. The van der Waals surface area contributed by atoms with E-state index in [0.29, 0.717) is 24.3 Å². The highest BCUT2D eigenvalue weighted by molar-refractivity contribution is 6.19. The Kier molecular flexibility index (Phi) is 8.01. The van der Waals surface area contributed by atoms with Gasteiger partial charge in [0, 0.05) is 12.1 Å². The molecule has 0 radical (unpaired) electrons. The summed E-state index contributed by atoms with van der Waals surface area (Å²) >= 11 is 0. The normalized spacial score (nSPS) is 15.9. The van der Waals surface area contributed by atoms with Gasteiger partial charge in [0.25, 0.3) is 11.8 Å². The van der Waals surface area contributed by atoms with Crippen molar-refractivity contribution in [3.63, 3.8) is 0 Å². The average molecular weight is 380 g/mol. The molecule has 28 heavy (non-hydrogen) atoms. The molecule has 1 aromatic carbocycles. The van der Waals surface area contributed by atoms with Gasteiger partial charge in [0.15, 0.2) is 0 Å². The Hall–Kier alpha value is -2.87. The SMILES string of the molecule is CCCCCCN1C(=O)C(C#N)=C(C)/C(=C\c2ccc(OCCC)cc2)C1=O. The van der Waals surface area contributed by atoms with E-state index in [4.69, 9.17) is 4.74 Å². The third kappa shape index (κ3) is 5.10. The lowest BCUT2D eigenvalue weighted by molar-refractivity contribution is -0.140. The van der Waals surface area contributed by atoms with Gasteiger partial charge in [0.1, 0.15) is 17.4 Å². The molecule has 1 aliphatic heterocycles. The molecule has 5 heteroatoms. The maximum atomic E-state index is 13.0. The second-order valence-electron chi connectivity index (χ2n) is 6.91. The van der Waals surface area contributed by atoms with Crippen LogP contribution in [0.15, 0.2) is 41.0 Å². The molecule has 0 atom stereocenters. The van der Waals surface area contributed by atoms with Gasteiger partial charge in [0.2, 0.25) is 0 Å². The first-order valence-electron chi connectivity index (χ1n) is 9.95. The van der Waals surface area contributed by atoms with Crippen molar-refractivity contribution < 1.29 is 14.3 Å². The Labute approximate surface area is 167 Å². The number of imide groups is 1. The van der Waals surface area contributed by atoms with Crippen LogP contribution in [0.4, 0.5) is 0 Å². The van der Waals surface area contributed by atoms with Gasteiger partial charge < -0.3 is 4.74 Å². The average Bonchev–Trinajstić information content (AvgIpc) is 2.70. The van der Waals surface area contributed by atoms with Crippen molar-refractivity contribution in [2.24, 2.45) is 0 Å². The van der Waals surface area contributed by atoms with Crippen LogP contribution in [0.25, 0.3) is 6.08 Å². The molecule has 0 aliphatic carbocycles. The van der Waals surface area contributed by atoms with E-state index >= 15 is 0 Å². The number of nitriles is 1. The first-order chi connectivity index (χ1) is 13.5. The largest absolute Gasteiger partial charge is 0.494 e. The molecular weight excluding hydrogens is 352 g/mol. The van der Waals surface area contributed by atoms with Gasteiger partial charge >= 0.3 is 0 Å². The zero-order valence-electron chi connectivity index (χ0n) is 17.0. The van der Waals surface area contributed by atoms with Crippen molar-refractivity contribution in [2.45, 2.75) is 52.9 Å². The third-order valence-electron chi connectivity index (χ3n) is 4.72. The molecular formula is C23H28N2O3. The summed E-state index contributed by atoms with van der Waals surface area (Å²) in [5.74, 6) is -0.0389. The van der Waals surface area contributed by atoms with Gasteiger partial charge in [-0.15, -0.1) is 0 Å². The van der Waals surface area contributed by atoms with Crippen LogP contribution in [0.5, 0.6) is 5.75 Å². The van der Waals surface area contributed by atoms with E-state index in [9.17, 15) is 14.9 Å². The first-order valence-corrected chi connectivity index (χ1v) is 9.95. The minimum Gasteiger partial charge on any atom is -0.494 e. The minimum absolute atomic E-state index is 0.0456. The molecule has 148 valence electrons. The quantitative estimate of drug-likeness (QED) is 0.355. The van der Waals surface area contributed by atoms with Crippen molar-refractivity contribution >= 4 is 17.9 Å². The molecule has 5 nitrogen and oxygen atoms in total. The highest BCUT2D eigenvalue weighted by Crippen LogP contribution is 2.27. The zero-order valence-corrected chi connectivity index (χ0v) is 17.0. The summed E-state index contributed by atoms with van der Waals surface area (Å²) in [6.45, 7) is 6.81. The predicted octanol–water partition coefficient (Wildman–Crippen LogP) is 4.65. The molecule has 1 aromatic rings. The van der Waals surface area contributed by atoms with Crippen molar-refractivity contribution in [1.82, 2.24) is 4.90 Å². The standard InChI is InChI=1S/C23H28N2O3/c1-4-6-7-8-13-25-22(26)20(17(3)21(16-24)23(25)27)15-18-9-11-19(12-10-18)28-14-5-2/h9-12,15H,4-8,13-14H2,1-3H3/b20-15+. The number of ether oxygens (including phenoxy) is 1. The van der Waals surface area contributed by atoms with Crippen LogP contribution in [0.3, 0.4) is 0 Å². The van der Waals surface area contributed by atoms with Gasteiger partial charge in [-0.25, -0.2) is 0 Å². The minimum atomic E-state index is -0.484. The van der Waals surface area contributed by atoms with Crippen LogP contribution >= 0.6 is 0 Å². The first kappa shape index (κ1) is 21.4. The van der Waals surface area contributed by atoms with Crippen LogP contribution in [0.2, 0.25) is 0 Å². The second-order valence-corrected chi connectivity index (χ2v) is 6.91. The van der Waals surface area contributed by atoms with Crippen LogP contribution in [0, 0.1) is 11.3 Å². The van der Waals surface area contributed by atoms with E-state index in [1.54, 1.807) is 13.0 Å². The number of hydrogen-bond donors (Lipinski definition) is 0. The van der Waals surface area contributed by atoms with Crippen LogP contribution < -0.4 is 4.74 Å². The van der Waals surface area contributed by atoms with Crippen molar-refractivity contribution in [2.75, 3.05) is 13.2 Å². The lowest BCUT2D eigenvalue weighted by Crippen LogP contribution is -2.43. The summed E-state index contributed by atoms with van der Waals surface area (Å²) in [7, 11) is 0. The van der Waals surface area contributed by atoms with Gasteiger partial charge in [-0.2, -0.15) is 5.26 Å². The van der Waals surface area contributed by atoms with E-state index in [1.807, 2.05) is 37.3 Å². The van der Waals surface area contributed by atoms with Crippen LogP contribution in [-0.2, 0) is 9.59 Å². The summed E-state index contributed by atoms with van der Waals surface area (Å²) in [5.41, 5.74) is 1.70. The number of carbonyl (C=O) groups excluding carboxylic acids is 2. The van der Waals surface area contributed by atoms with Crippen LogP contribution in [-0.4, -0.2) is 29.9 Å². The third-order valence-corrected chi connectivity index (χ3v) is 4.72. The molecule has 0 unspecified atom stereocenters. The molecule has 2 amide bonds. The Morgan fingerprint density at radius 1 is 1.04 bits per heavy atom. The summed E-state index contributed by atoms with van der Waals surface area (Å²) in [6, 6.07) is 9.42. The number of benzene rings is 1. The highest BCUT2D eigenvalue weighted by atomic mass is 16.5. The predicted molar refractivity (Wildman–Crippen MR) is 109 cm³/mol. The molecule has 0 N–H and O–H groups in total. The Bertz CT molecular complexity index is 813. The monoisotopic (exact) mass is 380 g/mol. The fourth-order valence-corrected chi connectivity index (χ4v) is 3.08. The molecule has 2 rings (SSSR count). The molecule has 1 heterocycles. The van der Waals surface area contributed by atoms with Gasteiger partial charge in [-0.3, -0.25) is 14.5 Å². The Morgan fingerprint density at radius 3 is 2.36 bits per heavy atom.